The van der Waals surface area contributed by atoms with Crippen molar-refractivity contribution in [3.05, 3.63) is 35.9 Å². The van der Waals surface area contributed by atoms with Crippen LogP contribution in [-0.4, -0.2) is 69.9 Å². The lowest BCUT2D eigenvalue weighted by molar-refractivity contribution is -0.143. The molecule has 0 bridgehead atoms. The first-order valence-electron chi connectivity index (χ1n) is 10.3. The minimum Gasteiger partial charge on any atom is -0.481 e. The van der Waals surface area contributed by atoms with E-state index >= 15 is 0 Å². The van der Waals surface area contributed by atoms with Crippen molar-refractivity contribution in [2.75, 3.05) is 0 Å². The molecule has 0 saturated carbocycles. The summed E-state index contributed by atoms with van der Waals surface area (Å²) in [5.74, 6) is -6.08. The predicted molar refractivity (Wildman–Crippen MR) is 118 cm³/mol. The van der Waals surface area contributed by atoms with Crippen LogP contribution in [0, 0.1) is 0 Å². The second-order valence-corrected chi connectivity index (χ2v) is 7.59. The normalized spacial score (nSPS) is 14.1. The molecule has 0 heterocycles. The monoisotopic (exact) mass is 479 g/mol. The fraction of sp³-hybridized carbons (Fsp3) is 0.429. The minimum absolute atomic E-state index is 0.0199. The van der Waals surface area contributed by atoms with E-state index in [0.29, 0.717) is 5.56 Å². The van der Waals surface area contributed by atoms with Gasteiger partial charge in [0.05, 0.1) is 12.5 Å². The van der Waals surface area contributed by atoms with Gasteiger partial charge in [-0.2, -0.15) is 0 Å². The molecular formula is C21H29N5O8. The molecule has 0 aliphatic rings. The summed E-state index contributed by atoms with van der Waals surface area (Å²) in [5, 5.41) is 24.9. The van der Waals surface area contributed by atoms with E-state index in [1.807, 2.05) is 0 Å². The highest BCUT2D eigenvalue weighted by Gasteiger charge is 2.31. The number of amides is 4. The lowest BCUT2D eigenvalue weighted by atomic mass is 10.0. The third-order valence-electron chi connectivity index (χ3n) is 4.70. The Labute approximate surface area is 195 Å². The molecule has 1 aromatic carbocycles. The molecule has 0 aromatic heterocycles. The van der Waals surface area contributed by atoms with Crippen LogP contribution in [0.15, 0.2) is 30.3 Å². The summed E-state index contributed by atoms with van der Waals surface area (Å²) in [6.07, 6.45) is -1.05. The van der Waals surface area contributed by atoms with Crippen LogP contribution in [-0.2, 0) is 35.2 Å². The summed E-state index contributed by atoms with van der Waals surface area (Å²) in [6.45, 7) is 1.17. The van der Waals surface area contributed by atoms with Crippen molar-refractivity contribution >= 4 is 35.6 Å². The molecule has 34 heavy (non-hydrogen) atoms. The number of carbonyl (C=O) groups is 6. The molecule has 1 rings (SSSR count). The van der Waals surface area contributed by atoms with Gasteiger partial charge in [0.25, 0.3) is 0 Å². The van der Waals surface area contributed by atoms with Gasteiger partial charge >= 0.3 is 11.9 Å². The first kappa shape index (κ1) is 28.0. The summed E-state index contributed by atoms with van der Waals surface area (Å²) in [7, 11) is 0. The highest BCUT2D eigenvalue weighted by Crippen LogP contribution is 2.06. The first-order chi connectivity index (χ1) is 15.9. The highest BCUT2D eigenvalue weighted by atomic mass is 16.4. The summed E-state index contributed by atoms with van der Waals surface area (Å²) >= 11 is 0. The Balaban J connectivity index is 3.04. The molecule has 0 radical (unpaired) electrons. The fourth-order valence-corrected chi connectivity index (χ4v) is 2.80. The summed E-state index contributed by atoms with van der Waals surface area (Å²) in [4.78, 5) is 70.9. The van der Waals surface area contributed by atoms with Gasteiger partial charge in [-0.05, 0) is 18.9 Å². The number of hydrogen-bond donors (Lipinski definition) is 7. The van der Waals surface area contributed by atoms with Gasteiger partial charge in [-0.25, -0.2) is 0 Å². The number of nitrogens with one attached hydrogen (secondary N) is 3. The van der Waals surface area contributed by atoms with E-state index in [2.05, 4.69) is 16.0 Å². The lowest BCUT2D eigenvalue weighted by Crippen LogP contribution is -2.57. The Morgan fingerprint density at radius 3 is 1.97 bits per heavy atom. The van der Waals surface area contributed by atoms with Gasteiger partial charge in [0, 0.05) is 12.8 Å². The van der Waals surface area contributed by atoms with E-state index in [1.165, 1.54) is 6.92 Å². The number of hydrogen-bond acceptors (Lipinski definition) is 7. The van der Waals surface area contributed by atoms with Crippen molar-refractivity contribution in [2.24, 2.45) is 11.5 Å². The van der Waals surface area contributed by atoms with E-state index in [4.69, 9.17) is 21.7 Å². The Morgan fingerprint density at radius 1 is 0.882 bits per heavy atom. The molecule has 186 valence electrons. The molecule has 0 aliphatic heterocycles. The van der Waals surface area contributed by atoms with E-state index in [9.17, 15) is 28.8 Å². The lowest BCUT2D eigenvalue weighted by Gasteiger charge is -2.24. The van der Waals surface area contributed by atoms with Crippen molar-refractivity contribution in [1.82, 2.24) is 16.0 Å². The fourth-order valence-electron chi connectivity index (χ4n) is 2.80. The largest absolute Gasteiger partial charge is 0.481 e. The van der Waals surface area contributed by atoms with Crippen LogP contribution in [0.5, 0.6) is 0 Å². The van der Waals surface area contributed by atoms with Crippen molar-refractivity contribution in [1.29, 1.82) is 0 Å². The molecule has 0 spiro atoms. The maximum atomic E-state index is 13.0. The van der Waals surface area contributed by atoms with Gasteiger partial charge in [-0.3, -0.25) is 28.8 Å². The Kier molecular flexibility index (Phi) is 11.2. The zero-order valence-electron chi connectivity index (χ0n) is 18.5. The molecule has 4 atom stereocenters. The molecule has 4 unspecified atom stereocenters. The number of carbonyl (C=O) groups excluding carboxylic acids is 4. The number of rotatable bonds is 14. The average molecular weight is 479 g/mol. The van der Waals surface area contributed by atoms with Gasteiger partial charge in [0.15, 0.2) is 0 Å². The Hall–Kier alpha value is -4.00. The average Bonchev–Trinajstić information content (AvgIpc) is 2.76. The van der Waals surface area contributed by atoms with Gasteiger partial charge < -0.3 is 37.6 Å². The second kappa shape index (κ2) is 13.5. The van der Waals surface area contributed by atoms with Crippen LogP contribution in [0.4, 0.5) is 0 Å². The van der Waals surface area contributed by atoms with Crippen molar-refractivity contribution in [3.63, 3.8) is 0 Å². The highest BCUT2D eigenvalue weighted by molar-refractivity contribution is 5.95. The quantitative estimate of drug-likeness (QED) is 0.154. The zero-order valence-corrected chi connectivity index (χ0v) is 18.5. The molecular weight excluding hydrogens is 450 g/mol. The minimum atomic E-state index is -1.61. The van der Waals surface area contributed by atoms with E-state index in [-0.39, 0.29) is 19.3 Å². The van der Waals surface area contributed by atoms with E-state index in [0.717, 1.165) is 0 Å². The summed E-state index contributed by atoms with van der Waals surface area (Å²) < 4.78 is 0. The number of aliphatic carboxylic acids is 2. The van der Waals surface area contributed by atoms with Crippen molar-refractivity contribution in [3.8, 4) is 0 Å². The number of carboxylic acids is 2. The number of carboxylic acid groups (broad SMARTS) is 2. The van der Waals surface area contributed by atoms with Crippen LogP contribution in [0.25, 0.3) is 0 Å². The van der Waals surface area contributed by atoms with E-state index in [1.54, 1.807) is 30.3 Å². The first-order valence-corrected chi connectivity index (χ1v) is 10.3. The molecule has 1 aromatic rings. The van der Waals surface area contributed by atoms with Gasteiger partial charge in [-0.15, -0.1) is 0 Å². The zero-order chi connectivity index (χ0) is 25.8. The van der Waals surface area contributed by atoms with Crippen LogP contribution in [0.2, 0.25) is 0 Å². The number of benzene rings is 1. The molecule has 0 saturated heterocycles. The Bertz CT molecular complexity index is 908. The van der Waals surface area contributed by atoms with Crippen LogP contribution < -0.4 is 27.4 Å². The maximum Gasteiger partial charge on any atom is 0.325 e. The smallest absolute Gasteiger partial charge is 0.325 e. The van der Waals surface area contributed by atoms with Crippen LogP contribution >= 0.6 is 0 Å². The molecule has 13 nitrogen and oxygen atoms in total. The molecule has 9 N–H and O–H groups in total. The standard InChI is InChI=1S/C21H29N5O8/c1-11(21(33)34)24-19(31)15(10-17(28)29)26-20(32)14(9-12-5-3-2-4-6-12)25-18(30)13(22)7-8-16(23)27/h2-6,11,13-15H,7-10,22H2,1H3,(H2,23,27)(H,24,31)(H,25,30)(H,26,32)(H,28,29)(H,33,34). The third kappa shape index (κ3) is 10.1. The SMILES string of the molecule is CC(NC(=O)C(CC(=O)O)NC(=O)C(Cc1ccccc1)NC(=O)C(N)CCC(N)=O)C(=O)O. The summed E-state index contributed by atoms with van der Waals surface area (Å²) in [6, 6.07) is 3.20. The van der Waals surface area contributed by atoms with Crippen LogP contribution in [0.3, 0.4) is 0 Å². The van der Waals surface area contributed by atoms with Gasteiger partial charge in [-0.1, -0.05) is 30.3 Å². The third-order valence-corrected chi connectivity index (χ3v) is 4.70. The molecule has 0 aliphatic carbocycles. The van der Waals surface area contributed by atoms with Crippen molar-refractivity contribution in [2.45, 2.75) is 56.8 Å². The molecule has 0 fully saturated rings. The number of nitrogens with two attached hydrogens (primary N) is 2. The molecule has 13 heteroatoms. The number of primary amides is 1. The molecule has 4 amide bonds. The topological polar surface area (TPSA) is 231 Å². The van der Waals surface area contributed by atoms with Crippen LogP contribution in [0.1, 0.15) is 31.7 Å². The van der Waals surface area contributed by atoms with Crippen molar-refractivity contribution < 1.29 is 39.0 Å². The second-order valence-electron chi connectivity index (χ2n) is 7.59. The van der Waals surface area contributed by atoms with E-state index < -0.39 is 66.2 Å². The van der Waals surface area contributed by atoms with Gasteiger partial charge in [0.2, 0.25) is 23.6 Å². The van der Waals surface area contributed by atoms with Gasteiger partial charge in [0.1, 0.15) is 18.1 Å². The predicted octanol–water partition coefficient (Wildman–Crippen LogP) is -2.14. The summed E-state index contributed by atoms with van der Waals surface area (Å²) in [5.41, 5.74) is 11.5. The Morgan fingerprint density at radius 2 is 1.44 bits per heavy atom. The maximum absolute atomic E-state index is 13.0.